The summed E-state index contributed by atoms with van der Waals surface area (Å²) >= 11 is 1.52. The van der Waals surface area contributed by atoms with Crippen LogP contribution in [0.2, 0.25) is 0 Å². The minimum atomic E-state index is -0.583. The number of H-pyrrole nitrogens is 1. The minimum absolute atomic E-state index is 0.0123. The van der Waals surface area contributed by atoms with E-state index in [-0.39, 0.29) is 18.0 Å². The number of ether oxygens (including phenoxy) is 1. The van der Waals surface area contributed by atoms with Gasteiger partial charge in [0.05, 0.1) is 12.0 Å². The van der Waals surface area contributed by atoms with E-state index in [0.717, 1.165) is 18.4 Å². The van der Waals surface area contributed by atoms with Crippen LogP contribution in [0.3, 0.4) is 0 Å². The van der Waals surface area contributed by atoms with Crippen LogP contribution in [0.15, 0.2) is 4.79 Å². The SMILES string of the molecule is CCCCCCCCc1sc2nc(C(=O)OCC)[nH]c(=O)c2c1C. The van der Waals surface area contributed by atoms with E-state index in [1.165, 1.54) is 48.3 Å². The molecule has 24 heavy (non-hydrogen) atoms. The number of esters is 1. The van der Waals surface area contributed by atoms with Crippen LogP contribution in [0.25, 0.3) is 10.2 Å². The number of carbonyl (C=O) groups is 1. The monoisotopic (exact) mass is 350 g/mol. The summed E-state index contributed by atoms with van der Waals surface area (Å²) in [7, 11) is 0. The van der Waals surface area contributed by atoms with Crippen LogP contribution in [0.4, 0.5) is 0 Å². The molecule has 0 spiro atoms. The van der Waals surface area contributed by atoms with Crippen molar-refractivity contribution in [1.29, 1.82) is 0 Å². The number of carbonyl (C=O) groups excluding carboxylic acids is 1. The van der Waals surface area contributed by atoms with Gasteiger partial charge in [0.2, 0.25) is 5.82 Å². The van der Waals surface area contributed by atoms with Crippen molar-refractivity contribution >= 4 is 27.5 Å². The molecule has 0 aliphatic carbocycles. The molecule has 2 aromatic rings. The fraction of sp³-hybridized carbons (Fsp3) is 0.611. The van der Waals surface area contributed by atoms with Crippen molar-refractivity contribution in [2.75, 3.05) is 6.61 Å². The molecule has 0 aromatic carbocycles. The summed E-state index contributed by atoms with van der Waals surface area (Å²) in [6, 6.07) is 0. The highest BCUT2D eigenvalue weighted by molar-refractivity contribution is 7.18. The average Bonchev–Trinajstić information content (AvgIpc) is 2.87. The second-order valence-corrected chi connectivity index (χ2v) is 7.07. The highest BCUT2D eigenvalue weighted by Gasteiger charge is 2.17. The molecule has 132 valence electrons. The van der Waals surface area contributed by atoms with Crippen molar-refractivity contribution in [1.82, 2.24) is 9.97 Å². The number of nitrogens with zero attached hydrogens (tertiary/aromatic N) is 1. The standard InChI is InChI=1S/C18H26N2O3S/c1-4-6-7-8-9-10-11-13-12(3)14-16(21)19-15(18(22)23-5-2)20-17(14)24-13/h4-11H2,1-3H3,(H,19,20,21). The molecule has 0 radical (unpaired) electrons. The van der Waals surface area contributed by atoms with Crippen molar-refractivity contribution in [2.24, 2.45) is 0 Å². The second kappa shape index (κ2) is 8.97. The normalized spacial score (nSPS) is 11.1. The molecule has 2 aromatic heterocycles. The first-order valence-corrected chi connectivity index (χ1v) is 9.59. The second-order valence-electron chi connectivity index (χ2n) is 5.98. The molecule has 2 heterocycles. The number of aryl methyl sites for hydroxylation is 2. The Balaban J connectivity index is 2.12. The number of aromatic amines is 1. The number of hydrogen-bond donors (Lipinski definition) is 1. The Bertz CT molecular complexity index is 749. The molecule has 0 atom stereocenters. The Hall–Kier alpha value is -1.69. The molecule has 0 fully saturated rings. The minimum Gasteiger partial charge on any atom is -0.460 e. The van der Waals surface area contributed by atoms with Gasteiger partial charge in [-0.2, -0.15) is 0 Å². The first kappa shape index (κ1) is 18.6. The van der Waals surface area contributed by atoms with Gasteiger partial charge >= 0.3 is 5.97 Å². The van der Waals surface area contributed by atoms with Crippen molar-refractivity contribution in [3.05, 3.63) is 26.6 Å². The fourth-order valence-electron chi connectivity index (χ4n) is 2.79. The molecule has 5 nitrogen and oxygen atoms in total. The Morgan fingerprint density at radius 3 is 2.58 bits per heavy atom. The van der Waals surface area contributed by atoms with Gasteiger partial charge < -0.3 is 9.72 Å². The van der Waals surface area contributed by atoms with Gasteiger partial charge in [-0.1, -0.05) is 39.0 Å². The van der Waals surface area contributed by atoms with Gasteiger partial charge in [0, 0.05) is 4.88 Å². The maximum atomic E-state index is 12.3. The highest BCUT2D eigenvalue weighted by Crippen LogP contribution is 2.28. The smallest absolute Gasteiger partial charge is 0.374 e. The van der Waals surface area contributed by atoms with Crippen molar-refractivity contribution in [3.8, 4) is 0 Å². The predicted octanol–water partition coefficient (Wildman–Crippen LogP) is 4.37. The fourth-order valence-corrected chi connectivity index (χ4v) is 4.01. The molecule has 0 amide bonds. The zero-order valence-corrected chi connectivity index (χ0v) is 15.6. The molecule has 0 saturated carbocycles. The number of rotatable bonds is 9. The van der Waals surface area contributed by atoms with Gasteiger partial charge in [-0.3, -0.25) is 4.79 Å². The van der Waals surface area contributed by atoms with Gasteiger partial charge in [-0.25, -0.2) is 9.78 Å². The first-order chi connectivity index (χ1) is 11.6. The Morgan fingerprint density at radius 2 is 1.88 bits per heavy atom. The van der Waals surface area contributed by atoms with Gasteiger partial charge in [-0.15, -0.1) is 11.3 Å². The molecule has 6 heteroatoms. The summed E-state index contributed by atoms with van der Waals surface area (Å²) in [4.78, 5) is 32.7. The maximum Gasteiger partial charge on any atom is 0.374 e. The van der Waals surface area contributed by atoms with Crippen LogP contribution in [0.5, 0.6) is 0 Å². The predicted molar refractivity (Wildman–Crippen MR) is 98.0 cm³/mol. The third-order valence-electron chi connectivity index (χ3n) is 4.13. The molecule has 0 saturated heterocycles. The molecule has 0 aliphatic rings. The highest BCUT2D eigenvalue weighted by atomic mass is 32.1. The van der Waals surface area contributed by atoms with Gasteiger partial charge in [0.15, 0.2) is 0 Å². The van der Waals surface area contributed by atoms with Crippen LogP contribution in [-0.2, 0) is 11.2 Å². The zero-order valence-electron chi connectivity index (χ0n) is 14.7. The van der Waals surface area contributed by atoms with E-state index < -0.39 is 5.97 Å². The van der Waals surface area contributed by atoms with Gasteiger partial charge in [0.25, 0.3) is 5.56 Å². The molecule has 1 N–H and O–H groups in total. The lowest BCUT2D eigenvalue weighted by Crippen LogP contribution is -2.17. The van der Waals surface area contributed by atoms with Crippen LogP contribution in [0.1, 0.15) is 73.4 Å². The number of aromatic nitrogens is 2. The number of nitrogens with one attached hydrogen (secondary N) is 1. The first-order valence-electron chi connectivity index (χ1n) is 8.77. The van der Waals surface area contributed by atoms with E-state index in [4.69, 9.17) is 4.74 Å². The van der Waals surface area contributed by atoms with Crippen LogP contribution in [0, 0.1) is 6.92 Å². The van der Waals surface area contributed by atoms with Gasteiger partial charge in [-0.05, 0) is 32.3 Å². The van der Waals surface area contributed by atoms with Crippen LogP contribution >= 0.6 is 11.3 Å². The Labute approximate surface area is 146 Å². The van der Waals surface area contributed by atoms with Crippen LogP contribution < -0.4 is 5.56 Å². The van der Waals surface area contributed by atoms with Crippen molar-refractivity contribution in [2.45, 2.75) is 65.7 Å². The Kier molecular flexibility index (Phi) is 6.97. The maximum absolute atomic E-state index is 12.3. The lowest BCUT2D eigenvalue weighted by atomic mass is 10.1. The van der Waals surface area contributed by atoms with Crippen molar-refractivity contribution in [3.63, 3.8) is 0 Å². The lowest BCUT2D eigenvalue weighted by Gasteiger charge is -2.01. The quantitative estimate of drug-likeness (QED) is 0.538. The summed E-state index contributed by atoms with van der Waals surface area (Å²) in [5, 5.41) is 0.606. The molecule has 0 unspecified atom stereocenters. The van der Waals surface area contributed by atoms with E-state index in [1.807, 2.05) is 6.92 Å². The molecule has 0 aliphatic heterocycles. The third-order valence-corrected chi connectivity index (χ3v) is 5.37. The lowest BCUT2D eigenvalue weighted by molar-refractivity contribution is 0.0512. The topological polar surface area (TPSA) is 72.0 Å². The molecular weight excluding hydrogens is 324 g/mol. The number of fused-ring (bicyclic) bond motifs is 1. The summed E-state index contributed by atoms with van der Waals surface area (Å²) in [6.07, 6.45) is 8.43. The largest absolute Gasteiger partial charge is 0.460 e. The van der Waals surface area contributed by atoms with Crippen molar-refractivity contribution < 1.29 is 9.53 Å². The van der Waals surface area contributed by atoms with Crippen LogP contribution in [-0.4, -0.2) is 22.5 Å². The number of unbranched alkanes of at least 4 members (excludes halogenated alkanes) is 5. The van der Waals surface area contributed by atoms with E-state index in [2.05, 4.69) is 16.9 Å². The van der Waals surface area contributed by atoms with E-state index in [9.17, 15) is 9.59 Å². The number of hydrogen-bond acceptors (Lipinski definition) is 5. The van der Waals surface area contributed by atoms with Gasteiger partial charge in [0.1, 0.15) is 4.83 Å². The summed E-state index contributed by atoms with van der Waals surface area (Å²) in [6.45, 7) is 6.16. The molecular formula is C18H26N2O3S. The summed E-state index contributed by atoms with van der Waals surface area (Å²) < 4.78 is 4.91. The summed E-state index contributed by atoms with van der Waals surface area (Å²) in [5.41, 5.74) is 0.735. The molecule has 2 rings (SSSR count). The Morgan fingerprint density at radius 1 is 1.17 bits per heavy atom. The van der Waals surface area contributed by atoms with E-state index >= 15 is 0 Å². The van der Waals surface area contributed by atoms with E-state index in [0.29, 0.717) is 10.2 Å². The average molecular weight is 350 g/mol. The molecule has 0 bridgehead atoms. The summed E-state index contributed by atoms with van der Waals surface area (Å²) in [5.74, 6) is -0.596. The van der Waals surface area contributed by atoms with E-state index in [1.54, 1.807) is 6.92 Å². The number of thiophene rings is 1. The zero-order chi connectivity index (χ0) is 17.5. The third kappa shape index (κ3) is 4.44.